The van der Waals surface area contributed by atoms with Gasteiger partial charge in [0.2, 0.25) is 5.91 Å². The van der Waals surface area contributed by atoms with E-state index in [0.717, 1.165) is 5.56 Å². The van der Waals surface area contributed by atoms with Gasteiger partial charge in [-0.25, -0.2) is 0 Å². The zero-order valence-electron chi connectivity index (χ0n) is 10.1. The summed E-state index contributed by atoms with van der Waals surface area (Å²) < 4.78 is 5.04. The van der Waals surface area contributed by atoms with Crippen LogP contribution in [0.2, 0.25) is 0 Å². The molecule has 2 N–H and O–H groups in total. The van der Waals surface area contributed by atoms with E-state index in [4.69, 9.17) is 9.84 Å². The van der Waals surface area contributed by atoms with Crippen LogP contribution in [0.15, 0.2) is 24.3 Å². The van der Waals surface area contributed by atoms with Crippen LogP contribution < -0.4 is 5.32 Å². The molecule has 96 valence electrons. The lowest BCUT2D eigenvalue weighted by molar-refractivity contribution is -0.139. The van der Waals surface area contributed by atoms with E-state index in [1.807, 2.05) is 18.2 Å². The Hall–Kier alpha value is -1.88. The minimum absolute atomic E-state index is 0.231. The van der Waals surface area contributed by atoms with Crippen LogP contribution in [0, 0.1) is 11.8 Å². The highest BCUT2D eigenvalue weighted by molar-refractivity contribution is 5.98. The zero-order valence-corrected chi connectivity index (χ0v) is 10.1. The SMILES string of the molecule is COCc1ccccc1NC(=O)C1CC1C(=O)O. The molecular weight excluding hydrogens is 234 g/mol. The van der Waals surface area contributed by atoms with E-state index in [-0.39, 0.29) is 5.91 Å². The third-order valence-electron chi connectivity index (χ3n) is 3.02. The molecule has 1 aliphatic carbocycles. The molecule has 18 heavy (non-hydrogen) atoms. The van der Waals surface area contributed by atoms with Gasteiger partial charge in [-0.15, -0.1) is 0 Å². The first kappa shape index (κ1) is 12.6. The average Bonchev–Trinajstić information content (AvgIpc) is 3.12. The predicted octanol–water partition coefficient (Wildman–Crippen LogP) is 1.49. The largest absolute Gasteiger partial charge is 0.481 e. The van der Waals surface area contributed by atoms with Crippen LogP contribution >= 0.6 is 0 Å². The van der Waals surface area contributed by atoms with Gasteiger partial charge in [0.05, 0.1) is 18.4 Å². The third-order valence-corrected chi connectivity index (χ3v) is 3.02. The molecule has 1 aromatic carbocycles. The number of carboxylic acids is 1. The molecule has 5 nitrogen and oxygen atoms in total. The zero-order chi connectivity index (χ0) is 13.1. The Morgan fingerprint density at radius 2 is 2.11 bits per heavy atom. The lowest BCUT2D eigenvalue weighted by Gasteiger charge is -2.10. The fourth-order valence-corrected chi connectivity index (χ4v) is 1.91. The van der Waals surface area contributed by atoms with Gasteiger partial charge in [0, 0.05) is 18.4 Å². The average molecular weight is 249 g/mol. The highest BCUT2D eigenvalue weighted by Crippen LogP contribution is 2.39. The highest BCUT2D eigenvalue weighted by atomic mass is 16.5. The summed E-state index contributed by atoms with van der Waals surface area (Å²) in [5, 5.41) is 11.5. The Labute approximate surface area is 105 Å². The quantitative estimate of drug-likeness (QED) is 0.829. The standard InChI is InChI=1S/C13H15NO4/c1-18-7-8-4-2-3-5-11(8)14-12(15)9-6-10(9)13(16)17/h2-5,9-10H,6-7H2,1H3,(H,14,15)(H,16,17). The summed E-state index contributed by atoms with van der Waals surface area (Å²) in [5.41, 5.74) is 1.56. The van der Waals surface area contributed by atoms with Crippen molar-refractivity contribution < 1.29 is 19.4 Å². The summed E-state index contributed by atoms with van der Waals surface area (Å²) in [7, 11) is 1.58. The molecule has 0 aliphatic heterocycles. The molecule has 0 spiro atoms. The number of hydrogen-bond acceptors (Lipinski definition) is 3. The molecule has 0 heterocycles. The summed E-state index contributed by atoms with van der Waals surface area (Å²) >= 11 is 0. The van der Waals surface area contributed by atoms with E-state index in [2.05, 4.69) is 5.32 Å². The number of benzene rings is 1. The van der Waals surface area contributed by atoms with Crippen LogP contribution in [-0.4, -0.2) is 24.1 Å². The van der Waals surface area contributed by atoms with Crippen molar-refractivity contribution in [2.24, 2.45) is 11.8 Å². The normalized spacial score (nSPS) is 21.4. The summed E-state index contributed by atoms with van der Waals surface area (Å²) in [6.07, 6.45) is 0.424. The van der Waals surface area contributed by atoms with Gasteiger partial charge >= 0.3 is 5.97 Å². The van der Waals surface area contributed by atoms with Crippen molar-refractivity contribution in [2.45, 2.75) is 13.0 Å². The monoisotopic (exact) mass is 249 g/mol. The molecule has 0 bridgehead atoms. The number of para-hydroxylation sites is 1. The minimum Gasteiger partial charge on any atom is -0.481 e. The Morgan fingerprint density at radius 1 is 1.39 bits per heavy atom. The molecule has 0 radical (unpaired) electrons. The fraction of sp³-hybridized carbons (Fsp3) is 0.385. The lowest BCUT2D eigenvalue weighted by Crippen LogP contribution is -2.17. The summed E-state index contributed by atoms with van der Waals surface area (Å²) in [6, 6.07) is 7.32. The van der Waals surface area contributed by atoms with Crippen LogP contribution in [0.5, 0.6) is 0 Å². The summed E-state index contributed by atoms with van der Waals surface area (Å²) in [5.74, 6) is -2.07. The molecule has 1 saturated carbocycles. The number of nitrogens with one attached hydrogen (secondary N) is 1. The molecule has 1 aromatic rings. The van der Waals surface area contributed by atoms with Gasteiger partial charge in [-0.2, -0.15) is 0 Å². The van der Waals surface area contributed by atoms with Crippen molar-refractivity contribution in [1.29, 1.82) is 0 Å². The smallest absolute Gasteiger partial charge is 0.307 e. The van der Waals surface area contributed by atoms with Gasteiger partial charge in [0.1, 0.15) is 0 Å². The molecule has 0 aromatic heterocycles. The van der Waals surface area contributed by atoms with E-state index in [1.54, 1.807) is 13.2 Å². The molecular formula is C13H15NO4. The number of carbonyl (C=O) groups excluding carboxylic acids is 1. The van der Waals surface area contributed by atoms with Gasteiger partial charge in [-0.3, -0.25) is 9.59 Å². The maximum absolute atomic E-state index is 11.8. The number of aliphatic carboxylic acids is 1. The molecule has 1 fully saturated rings. The second-order valence-electron chi connectivity index (χ2n) is 4.37. The van der Waals surface area contributed by atoms with E-state index in [0.29, 0.717) is 18.7 Å². The van der Waals surface area contributed by atoms with Gasteiger partial charge in [0.25, 0.3) is 0 Å². The van der Waals surface area contributed by atoms with Crippen LogP contribution in [0.25, 0.3) is 0 Å². The Bertz CT molecular complexity index is 472. The number of carbonyl (C=O) groups is 2. The van der Waals surface area contributed by atoms with E-state index in [1.165, 1.54) is 0 Å². The van der Waals surface area contributed by atoms with Crippen LogP contribution in [0.3, 0.4) is 0 Å². The first-order valence-electron chi connectivity index (χ1n) is 5.74. The van der Waals surface area contributed by atoms with E-state index < -0.39 is 17.8 Å². The van der Waals surface area contributed by atoms with Gasteiger partial charge < -0.3 is 15.2 Å². The predicted molar refractivity (Wildman–Crippen MR) is 65.0 cm³/mol. The molecule has 5 heteroatoms. The summed E-state index contributed by atoms with van der Waals surface area (Å²) in [6.45, 7) is 0.406. The number of amides is 1. The first-order chi connectivity index (χ1) is 8.63. The van der Waals surface area contributed by atoms with Gasteiger partial charge in [0.15, 0.2) is 0 Å². The molecule has 1 amide bonds. The lowest BCUT2D eigenvalue weighted by atomic mass is 10.2. The van der Waals surface area contributed by atoms with E-state index in [9.17, 15) is 9.59 Å². The maximum atomic E-state index is 11.8. The van der Waals surface area contributed by atoms with Crippen LogP contribution in [0.1, 0.15) is 12.0 Å². The Morgan fingerprint density at radius 3 is 2.72 bits per heavy atom. The van der Waals surface area contributed by atoms with Gasteiger partial charge in [-0.05, 0) is 12.5 Å². The minimum atomic E-state index is -0.902. The van der Waals surface area contributed by atoms with Crippen molar-refractivity contribution in [3.05, 3.63) is 29.8 Å². The van der Waals surface area contributed by atoms with Crippen molar-refractivity contribution in [1.82, 2.24) is 0 Å². The molecule has 2 rings (SSSR count). The second-order valence-corrected chi connectivity index (χ2v) is 4.37. The van der Waals surface area contributed by atoms with Crippen molar-refractivity contribution in [2.75, 3.05) is 12.4 Å². The number of methoxy groups -OCH3 is 1. The van der Waals surface area contributed by atoms with Gasteiger partial charge in [-0.1, -0.05) is 18.2 Å². The van der Waals surface area contributed by atoms with E-state index >= 15 is 0 Å². The number of carboxylic acid groups (broad SMARTS) is 1. The Kier molecular flexibility index (Phi) is 3.62. The number of ether oxygens (including phenoxy) is 1. The Balaban J connectivity index is 2.01. The molecule has 0 saturated heterocycles. The van der Waals surface area contributed by atoms with Crippen LogP contribution in [-0.2, 0) is 20.9 Å². The topological polar surface area (TPSA) is 75.6 Å². The fourth-order valence-electron chi connectivity index (χ4n) is 1.91. The molecule has 2 unspecified atom stereocenters. The van der Waals surface area contributed by atoms with Crippen molar-refractivity contribution in [3.8, 4) is 0 Å². The van der Waals surface area contributed by atoms with Crippen molar-refractivity contribution >= 4 is 17.6 Å². The third kappa shape index (κ3) is 2.68. The van der Waals surface area contributed by atoms with Crippen LogP contribution in [0.4, 0.5) is 5.69 Å². The second kappa shape index (κ2) is 5.18. The highest BCUT2D eigenvalue weighted by Gasteiger charge is 2.48. The number of rotatable bonds is 5. The summed E-state index contributed by atoms with van der Waals surface area (Å²) in [4.78, 5) is 22.5. The molecule has 2 atom stereocenters. The molecule has 1 aliphatic rings. The first-order valence-corrected chi connectivity index (χ1v) is 5.74. The maximum Gasteiger partial charge on any atom is 0.307 e. The number of anilines is 1. The number of hydrogen-bond donors (Lipinski definition) is 2. The van der Waals surface area contributed by atoms with Crippen molar-refractivity contribution in [3.63, 3.8) is 0 Å².